The van der Waals surface area contributed by atoms with Gasteiger partial charge in [-0.3, -0.25) is 14.4 Å². The molecule has 1 unspecified atom stereocenters. The highest BCUT2D eigenvalue weighted by Crippen LogP contribution is 2.24. The largest absolute Gasteiger partial charge is 0.453 e. The second-order valence-corrected chi connectivity index (χ2v) is 8.14. The van der Waals surface area contributed by atoms with Crippen LogP contribution in [-0.4, -0.2) is 23.8 Å². The highest BCUT2D eigenvalue weighted by Gasteiger charge is 2.20. The second kappa shape index (κ2) is 9.15. The standard InChI is InChI=1S/C20H22ClNO4S/c1-11-9-12(2)19(13(3)10-11)22-20(25)14(4)26-18(24)8-5-15(23)16-6-7-17(21)27-16/h6-7,9-10,14H,5,8H2,1-4H3,(H,22,25). The molecule has 0 aliphatic heterocycles. The number of Topliss-reactive ketones (excluding diaryl/α,β-unsaturated/α-hetero) is 1. The molecule has 27 heavy (non-hydrogen) atoms. The van der Waals surface area contributed by atoms with Crippen LogP contribution in [-0.2, 0) is 14.3 Å². The number of carbonyl (C=O) groups excluding carboxylic acids is 3. The van der Waals surface area contributed by atoms with E-state index >= 15 is 0 Å². The Kier molecular flexibility index (Phi) is 7.16. The van der Waals surface area contributed by atoms with E-state index < -0.39 is 18.0 Å². The van der Waals surface area contributed by atoms with Crippen molar-refractivity contribution >= 4 is 46.3 Å². The van der Waals surface area contributed by atoms with Crippen LogP contribution in [0, 0.1) is 20.8 Å². The van der Waals surface area contributed by atoms with Crippen LogP contribution in [0.1, 0.15) is 46.1 Å². The third-order valence-corrected chi connectivity index (χ3v) is 5.28. The van der Waals surface area contributed by atoms with Gasteiger partial charge in [-0.1, -0.05) is 29.3 Å². The Bertz CT molecular complexity index is 852. The lowest BCUT2D eigenvalue weighted by Crippen LogP contribution is -2.30. The number of esters is 1. The van der Waals surface area contributed by atoms with Crippen molar-refractivity contribution in [2.45, 2.75) is 46.6 Å². The number of anilines is 1. The number of hydrogen-bond donors (Lipinski definition) is 1. The average molecular weight is 408 g/mol. The van der Waals surface area contributed by atoms with E-state index in [-0.39, 0.29) is 18.6 Å². The Labute approximate surface area is 167 Å². The molecule has 0 fully saturated rings. The van der Waals surface area contributed by atoms with Gasteiger partial charge in [-0.2, -0.15) is 0 Å². The summed E-state index contributed by atoms with van der Waals surface area (Å²) in [6, 6.07) is 7.21. The molecule has 2 aromatic rings. The van der Waals surface area contributed by atoms with Crippen molar-refractivity contribution < 1.29 is 19.1 Å². The molecule has 0 saturated heterocycles. The predicted molar refractivity (Wildman–Crippen MR) is 108 cm³/mol. The molecule has 144 valence electrons. The molecule has 7 heteroatoms. The van der Waals surface area contributed by atoms with Gasteiger partial charge in [0.2, 0.25) is 0 Å². The SMILES string of the molecule is Cc1cc(C)c(NC(=O)C(C)OC(=O)CCC(=O)c2ccc(Cl)s2)c(C)c1. The summed E-state index contributed by atoms with van der Waals surface area (Å²) in [5.41, 5.74) is 3.72. The molecule has 0 bridgehead atoms. The van der Waals surface area contributed by atoms with Crippen LogP contribution < -0.4 is 5.32 Å². The zero-order valence-electron chi connectivity index (χ0n) is 15.7. The van der Waals surface area contributed by atoms with Crippen molar-refractivity contribution in [1.29, 1.82) is 0 Å². The minimum absolute atomic E-state index is 0.0141. The normalized spacial score (nSPS) is 11.7. The molecule has 1 aromatic carbocycles. The predicted octanol–water partition coefficient (Wildman–Crippen LogP) is 4.86. The summed E-state index contributed by atoms with van der Waals surface area (Å²) in [7, 11) is 0. The number of aryl methyl sites for hydroxylation is 3. The zero-order chi connectivity index (χ0) is 20.1. The Morgan fingerprint density at radius 1 is 1.11 bits per heavy atom. The molecule has 1 N–H and O–H groups in total. The number of carbonyl (C=O) groups is 3. The number of ketones is 1. The topological polar surface area (TPSA) is 72.5 Å². The molecule has 0 aliphatic carbocycles. The maximum atomic E-state index is 12.3. The van der Waals surface area contributed by atoms with Crippen LogP contribution in [0.25, 0.3) is 0 Å². The average Bonchev–Trinajstić information content (AvgIpc) is 3.02. The fourth-order valence-electron chi connectivity index (χ4n) is 2.71. The summed E-state index contributed by atoms with van der Waals surface area (Å²) in [5, 5.41) is 2.81. The van der Waals surface area contributed by atoms with E-state index in [1.807, 2.05) is 32.9 Å². The summed E-state index contributed by atoms with van der Waals surface area (Å²) >= 11 is 6.97. The smallest absolute Gasteiger partial charge is 0.307 e. The monoisotopic (exact) mass is 407 g/mol. The highest BCUT2D eigenvalue weighted by atomic mass is 35.5. The van der Waals surface area contributed by atoms with Crippen LogP contribution in [0.15, 0.2) is 24.3 Å². The van der Waals surface area contributed by atoms with E-state index in [4.69, 9.17) is 16.3 Å². The Hall–Kier alpha value is -2.18. The van der Waals surface area contributed by atoms with Crippen LogP contribution >= 0.6 is 22.9 Å². The van der Waals surface area contributed by atoms with E-state index in [1.54, 1.807) is 12.1 Å². The van der Waals surface area contributed by atoms with Gasteiger partial charge < -0.3 is 10.1 Å². The minimum Gasteiger partial charge on any atom is -0.453 e. The van der Waals surface area contributed by atoms with E-state index in [9.17, 15) is 14.4 Å². The second-order valence-electron chi connectivity index (χ2n) is 6.42. The number of halogens is 1. The third-order valence-electron chi connectivity index (χ3n) is 4.01. The molecule has 2 rings (SSSR count). The molecule has 1 amide bonds. The number of rotatable bonds is 7. The van der Waals surface area contributed by atoms with Crippen molar-refractivity contribution in [2.75, 3.05) is 5.32 Å². The Morgan fingerprint density at radius 2 is 1.74 bits per heavy atom. The zero-order valence-corrected chi connectivity index (χ0v) is 17.3. The lowest BCUT2D eigenvalue weighted by atomic mass is 10.0. The van der Waals surface area contributed by atoms with E-state index in [2.05, 4.69) is 5.32 Å². The Morgan fingerprint density at radius 3 is 2.30 bits per heavy atom. The van der Waals surface area contributed by atoms with Crippen LogP contribution in [0.3, 0.4) is 0 Å². The molecule has 1 aromatic heterocycles. The van der Waals surface area contributed by atoms with Crippen LogP contribution in [0.4, 0.5) is 5.69 Å². The van der Waals surface area contributed by atoms with Gasteiger partial charge in [-0.05, 0) is 51.0 Å². The fraction of sp³-hybridized carbons (Fsp3) is 0.350. The lowest BCUT2D eigenvalue weighted by molar-refractivity contribution is -0.153. The highest BCUT2D eigenvalue weighted by molar-refractivity contribution is 7.18. The summed E-state index contributed by atoms with van der Waals surface area (Å²) in [5.74, 6) is -1.17. The number of benzene rings is 1. The molecule has 1 heterocycles. The van der Waals surface area contributed by atoms with Crippen LogP contribution in [0.2, 0.25) is 4.34 Å². The quantitative estimate of drug-likeness (QED) is 0.525. The van der Waals surface area contributed by atoms with Crippen molar-refractivity contribution in [3.05, 3.63) is 50.2 Å². The molecule has 0 spiro atoms. The number of hydrogen-bond acceptors (Lipinski definition) is 5. The maximum Gasteiger partial charge on any atom is 0.307 e. The van der Waals surface area contributed by atoms with Crippen molar-refractivity contribution in [3.63, 3.8) is 0 Å². The first-order valence-corrected chi connectivity index (χ1v) is 9.73. The fourth-order valence-corrected chi connectivity index (χ4v) is 3.73. The van der Waals surface area contributed by atoms with Gasteiger partial charge >= 0.3 is 5.97 Å². The van der Waals surface area contributed by atoms with Gasteiger partial charge in [-0.15, -0.1) is 11.3 Å². The van der Waals surface area contributed by atoms with E-state index in [0.717, 1.165) is 22.4 Å². The first-order valence-electron chi connectivity index (χ1n) is 8.54. The van der Waals surface area contributed by atoms with Crippen molar-refractivity contribution in [2.24, 2.45) is 0 Å². The first kappa shape index (κ1) is 21.1. The van der Waals surface area contributed by atoms with Crippen molar-refractivity contribution in [1.82, 2.24) is 0 Å². The molecule has 0 aliphatic rings. The summed E-state index contributed by atoms with van der Waals surface area (Å²) in [6.45, 7) is 7.32. The van der Waals surface area contributed by atoms with E-state index in [1.165, 1.54) is 18.3 Å². The van der Waals surface area contributed by atoms with E-state index in [0.29, 0.717) is 9.21 Å². The number of thiophene rings is 1. The van der Waals surface area contributed by atoms with Gasteiger partial charge in [0.05, 0.1) is 15.6 Å². The molecule has 0 saturated carbocycles. The molecular weight excluding hydrogens is 386 g/mol. The number of ether oxygens (including phenoxy) is 1. The van der Waals surface area contributed by atoms with Gasteiger partial charge in [0, 0.05) is 12.1 Å². The van der Waals surface area contributed by atoms with Gasteiger partial charge in [0.15, 0.2) is 11.9 Å². The number of amides is 1. The van der Waals surface area contributed by atoms with Gasteiger partial charge in [0.1, 0.15) is 0 Å². The molecular formula is C20H22ClNO4S. The third kappa shape index (κ3) is 5.91. The van der Waals surface area contributed by atoms with Crippen molar-refractivity contribution in [3.8, 4) is 0 Å². The minimum atomic E-state index is -0.955. The summed E-state index contributed by atoms with van der Waals surface area (Å²) in [6.07, 6.45) is -1.03. The lowest BCUT2D eigenvalue weighted by Gasteiger charge is -2.16. The number of nitrogens with one attached hydrogen (secondary N) is 1. The molecule has 1 atom stereocenters. The van der Waals surface area contributed by atoms with Gasteiger partial charge in [0.25, 0.3) is 5.91 Å². The summed E-state index contributed by atoms with van der Waals surface area (Å²) in [4.78, 5) is 36.8. The first-order chi connectivity index (χ1) is 12.7. The molecule has 0 radical (unpaired) electrons. The maximum absolute atomic E-state index is 12.3. The Balaban J connectivity index is 1.86. The molecule has 5 nitrogen and oxygen atoms in total. The summed E-state index contributed by atoms with van der Waals surface area (Å²) < 4.78 is 5.67. The van der Waals surface area contributed by atoms with Gasteiger partial charge in [-0.25, -0.2) is 0 Å². The van der Waals surface area contributed by atoms with Crippen LogP contribution in [0.5, 0.6) is 0 Å².